The van der Waals surface area contributed by atoms with Gasteiger partial charge in [-0.1, -0.05) is 36.4 Å². The SMILES string of the molecule is O=C(CNC(CCO)c1ccccc1)N1CCCC1c1cccs1. The van der Waals surface area contributed by atoms with Crippen LogP contribution in [0.25, 0.3) is 0 Å². The van der Waals surface area contributed by atoms with Gasteiger partial charge in [0.1, 0.15) is 0 Å². The van der Waals surface area contributed by atoms with Crippen molar-refractivity contribution in [2.45, 2.75) is 31.3 Å². The third-order valence-corrected chi connectivity index (χ3v) is 5.54. The third-order valence-electron chi connectivity index (χ3n) is 4.56. The highest BCUT2D eigenvalue weighted by Gasteiger charge is 2.30. The van der Waals surface area contributed by atoms with Crippen molar-refractivity contribution >= 4 is 17.2 Å². The van der Waals surface area contributed by atoms with E-state index in [1.165, 1.54) is 4.88 Å². The number of thiophene rings is 1. The Bertz CT molecular complexity index is 630. The maximum Gasteiger partial charge on any atom is 0.237 e. The second-order valence-electron chi connectivity index (χ2n) is 6.12. The van der Waals surface area contributed by atoms with Crippen molar-refractivity contribution in [2.75, 3.05) is 19.7 Å². The van der Waals surface area contributed by atoms with Crippen LogP contribution in [-0.4, -0.2) is 35.6 Å². The normalized spacial score (nSPS) is 18.7. The molecule has 1 aromatic heterocycles. The van der Waals surface area contributed by atoms with Gasteiger partial charge in [-0.2, -0.15) is 0 Å². The molecule has 2 aromatic rings. The molecular weight excluding hydrogens is 320 g/mol. The number of aliphatic hydroxyl groups is 1. The minimum atomic E-state index is 0.00272. The molecule has 2 unspecified atom stereocenters. The number of benzene rings is 1. The zero-order valence-electron chi connectivity index (χ0n) is 13.7. The summed E-state index contributed by atoms with van der Waals surface area (Å²) in [5.41, 5.74) is 1.11. The van der Waals surface area contributed by atoms with Gasteiger partial charge in [-0.05, 0) is 36.3 Å². The minimum Gasteiger partial charge on any atom is -0.396 e. The van der Waals surface area contributed by atoms with E-state index in [-0.39, 0.29) is 24.6 Å². The minimum absolute atomic E-state index is 0.00272. The maximum atomic E-state index is 12.7. The monoisotopic (exact) mass is 344 g/mol. The molecule has 0 saturated carbocycles. The molecule has 2 N–H and O–H groups in total. The molecule has 0 spiro atoms. The Morgan fingerprint density at radius 1 is 1.29 bits per heavy atom. The topological polar surface area (TPSA) is 52.6 Å². The van der Waals surface area contributed by atoms with Crippen molar-refractivity contribution in [1.29, 1.82) is 0 Å². The summed E-state index contributed by atoms with van der Waals surface area (Å²) in [6.45, 7) is 1.24. The third kappa shape index (κ3) is 4.04. The van der Waals surface area contributed by atoms with Gasteiger partial charge in [0.25, 0.3) is 0 Å². The van der Waals surface area contributed by atoms with Gasteiger partial charge in [0.2, 0.25) is 5.91 Å². The summed E-state index contributed by atoms with van der Waals surface area (Å²) in [7, 11) is 0. The Hall–Kier alpha value is -1.69. The van der Waals surface area contributed by atoms with Crippen molar-refractivity contribution < 1.29 is 9.90 Å². The van der Waals surface area contributed by atoms with Crippen LogP contribution in [-0.2, 0) is 4.79 Å². The fourth-order valence-electron chi connectivity index (χ4n) is 3.35. The number of hydrogen-bond acceptors (Lipinski definition) is 4. The number of likely N-dealkylation sites (tertiary alicyclic amines) is 1. The molecule has 2 atom stereocenters. The molecule has 2 heterocycles. The summed E-state index contributed by atoms with van der Waals surface area (Å²) in [4.78, 5) is 16.0. The lowest BCUT2D eigenvalue weighted by molar-refractivity contribution is -0.131. The number of aliphatic hydroxyl groups excluding tert-OH is 1. The van der Waals surface area contributed by atoms with Crippen molar-refractivity contribution in [3.63, 3.8) is 0 Å². The van der Waals surface area contributed by atoms with Gasteiger partial charge < -0.3 is 15.3 Å². The number of carbonyl (C=O) groups is 1. The average molecular weight is 344 g/mol. The van der Waals surface area contributed by atoms with Gasteiger partial charge in [0.05, 0.1) is 12.6 Å². The molecular formula is C19H24N2O2S. The van der Waals surface area contributed by atoms with Gasteiger partial charge in [-0.15, -0.1) is 11.3 Å². The zero-order chi connectivity index (χ0) is 16.8. The maximum absolute atomic E-state index is 12.7. The van der Waals surface area contributed by atoms with Crippen molar-refractivity contribution in [1.82, 2.24) is 10.2 Å². The summed E-state index contributed by atoms with van der Waals surface area (Å²) in [5.74, 6) is 0.143. The fraction of sp³-hybridized carbons (Fsp3) is 0.421. The van der Waals surface area contributed by atoms with Crippen LogP contribution < -0.4 is 5.32 Å². The van der Waals surface area contributed by atoms with E-state index < -0.39 is 0 Å². The Morgan fingerprint density at radius 2 is 2.12 bits per heavy atom. The van der Waals surface area contributed by atoms with Crippen LogP contribution in [0.1, 0.15) is 41.8 Å². The molecule has 0 aliphatic carbocycles. The number of carbonyl (C=O) groups excluding carboxylic acids is 1. The molecule has 1 aliphatic heterocycles. The highest BCUT2D eigenvalue weighted by atomic mass is 32.1. The van der Waals surface area contributed by atoms with Crippen molar-refractivity contribution in [2.24, 2.45) is 0 Å². The van der Waals surface area contributed by atoms with E-state index >= 15 is 0 Å². The molecule has 1 saturated heterocycles. The van der Waals surface area contributed by atoms with Crippen LogP contribution in [0.5, 0.6) is 0 Å². The molecule has 0 bridgehead atoms. The van der Waals surface area contributed by atoms with E-state index in [4.69, 9.17) is 0 Å². The number of nitrogens with one attached hydrogen (secondary N) is 1. The van der Waals surface area contributed by atoms with E-state index in [1.54, 1.807) is 11.3 Å². The van der Waals surface area contributed by atoms with Gasteiger partial charge >= 0.3 is 0 Å². The number of rotatable bonds is 7. The average Bonchev–Trinajstić information content (AvgIpc) is 3.29. The standard InChI is InChI=1S/C19H24N2O2S/c22-12-10-16(15-6-2-1-3-7-15)20-14-19(23)21-11-4-8-17(21)18-9-5-13-24-18/h1-3,5-7,9,13,16-17,20,22H,4,8,10-12,14H2. The second kappa shape index (κ2) is 8.42. The Balaban J connectivity index is 1.61. The van der Waals surface area contributed by atoms with E-state index in [1.807, 2.05) is 41.3 Å². The van der Waals surface area contributed by atoms with E-state index in [2.05, 4.69) is 16.8 Å². The summed E-state index contributed by atoms with van der Waals surface area (Å²) in [6, 6.07) is 14.4. The smallest absolute Gasteiger partial charge is 0.237 e. The molecule has 1 amide bonds. The molecule has 24 heavy (non-hydrogen) atoms. The molecule has 1 aromatic carbocycles. The molecule has 5 heteroatoms. The van der Waals surface area contributed by atoms with Gasteiger partial charge in [-0.25, -0.2) is 0 Å². The van der Waals surface area contributed by atoms with Crippen LogP contribution in [0.4, 0.5) is 0 Å². The van der Waals surface area contributed by atoms with Crippen LogP contribution in [0.2, 0.25) is 0 Å². The first-order chi connectivity index (χ1) is 11.8. The summed E-state index contributed by atoms with van der Waals surface area (Å²) >= 11 is 1.72. The summed E-state index contributed by atoms with van der Waals surface area (Å²) < 4.78 is 0. The lowest BCUT2D eigenvalue weighted by atomic mass is 10.0. The first kappa shape index (κ1) is 17.1. The number of hydrogen-bond donors (Lipinski definition) is 2. The molecule has 4 nitrogen and oxygen atoms in total. The van der Waals surface area contributed by atoms with Crippen LogP contribution >= 0.6 is 11.3 Å². The van der Waals surface area contributed by atoms with Crippen LogP contribution in [0.3, 0.4) is 0 Å². The van der Waals surface area contributed by atoms with Gasteiger partial charge in [-0.3, -0.25) is 4.79 Å². The quantitative estimate of drug-likeness (QED) is 0.811. The van der Waals surface area contributed by atoms with E-state index in [0.717, 1.165) is 24.9 Å². The number of nitrogens with zero attached hydrogens (tertiary/aromatic N) is 1. The molecule has 1 fully saturated rings. The molecule has 128 valence electrons. The second-order valence-corrected chi connectivity index (χ2v) is 7.10. The van der Waals surface area contributed by atoms with Crippen molar-refractivity contribution in [3.05, 3.63) is 58.3 Å². The Morgan fingerprint density at radius 3 is 2.83 bits per heavy atom. The first-order valence-electron chi connectivity index (χ1n) is 8.51. The first-order valence-corrected chi connectivity index (χ1v) is 9.39. The predicted octanol–water partition coefficient (Wildman–Crippen LogP) is 3.12. The van der Waals surface area contributed by atoms with Crippen LogP contribution in [0, 0.1) is 0 Å². The summed E-state index contributed by atoms with van der Waals surface area (Å²) in [6.07, 6.45) is 2.71. The lowest BCUT2D eigenvalue weighted by Gasteiger charge is -2.26. The number of amides is 1. The van der Waals surface area contributed by atoms with Gasteiger partial charge in [0, 0.05) is 24.1 Å². The van der Waals surface area contributed by atoms with E-state index in [9.17, 15) is 9.90 Å². The highest BCUT2D eigenvalue weighted by molar-refractivity contribution is 7.10. The Labute approximate surface area is 147 Å². The zero-order valence-corrected chi connectivity index (χ0v) is 14.5. The van der Waals surface area contributed by atoms with Gasteiger partial charge in [0.15, 0.2) is 0 Å². The molecule has 0 radical (unpaired) electrons. The lowest BCUT2D eigenvalue weighted by Crippen LogP contribution is -2.39. The summed E-state index contributed by atoms with van der Waals surface area (Å²) in [5, 5.41) is 14.7. The van der Waals surface area contributed by atoms with E-state index in [0.29, 0.717) is 13.0 Å². The van der Waals surface area contributed by atoms with Crippen molar-refractivity contribution in [3.8, 4) is 0 Å². The highest BCUT2D eigenvalue weighted by Crippen LogP contribution is 2.34. The molecule has 1 aliphatic rings. The Kier molecular flexibility index (Phi) is 6.01. The molecule has 3 rings (SSSR count). The van der Waals surface area contributed by atoms with Crippen LogP contribution in [0.15, 0.2) is 47.8 Å². The fourth-order valence-corrected chi connectivity index (χ4v) is 4.23. The largest absolute Gasteiger partial charge is 0.396 e. The predicted molar refractivity (Wildman–Crippen MR) is 96.9 cm³/mol.